The van der Waals surface area contributed by atoms with Crippen molar-refractivity contribution in [3.8, 4) is 0 Å². The maximum atomic E-state index is 12.5. The van der Waals surface area contributed by atoms with Gasteiger partial charge in [-0.15, -0.1) is 0 Å². The number of azide groups is 2. The molecule has 0 heterocycles. The van der Waals surface area contributed by atoms with Gasteiger partial charge in [-0.2, -0.15) is 0 Å². The molecule has 2 aromatic carbocycles. The molecule has 8 nitrogen and oxygen atoms in total. The minimum absolute atomic E-state index is 0.00881. The van der Waals surface area contributed by atoms with Crippen molar-refractivity contribution < 1.29 is 8.42 Å². The molecule has 0 radical (unpaired) electrons. The van der Waals surface area contributed by atoms with Gasteiger partial charge in [-0.3, -0.25) is 0 Å². The first-order valence-corrected chi connectivity index (χ1v) is 7.11. The fraction of sp³-hybridized carbons (Fsp3) is 0. The molecule has 9 heteroatoms. The lowest BCUT2D eigenvalue weighted by Gasteiger charge is -2.05. The van der Waals surface area contributed by atoms with E-state index in [1.165, 1.54) is 48.5 Å². The Kier molecular flexibility index (Phi) is 4.10. The molecule has 2 aromatic rings. The lowest BCUT2D eigenvalue weighted by Crippen LogP contribution is -2.01. The molecule has 0 aliphatic heterocycles. The zero-order chi connectivity index (χ0) is 15.3. The van der Waals surface area contributed by atoms with Crippen molar-refractivity contribution in [1.82, 2.24) is 0 Å². The van der Waals surface area contributed by atoms with Gasteiger partial charge >= 0.3 is 0 Å². The van der Waals surface area contributed by atoms with Crippen LogP contribution in [0.1, 0.15) is 0 Å². The van der Waals surface area contributed by atoms with Gasteiger partial charge < -0.3 is 0 Å². The summed E-state index contributed by atoms with van der Waals surface area (Å²) < 4.78 is 25.0. The van der Waals surface area contributed by atoms with Gasteiger partial charge in [0.1, 0.15) is 0 Å². The summed E-state index contributed by atoms with van der Waals surface area (Å²) in [7, 11) is -3.79. The lowest BCUT2D eigenvalue weighted by molar-refractivity contribution is 0.596. The molecule has 0 unspecified atom stereocenters. The highest BCUT2D eigenvalue weighted by molar-refractivity contribution is 7.91. The predicted molar refractivity (Wildman–Crippen MR) is 75.9 cm³/mol. The van der Waals surface area contributed by atoms with E-state index in [1.807, 2.05) is 0 Å². The van der Waals surface area contributed by atoms with Crippen LogP contribution in [-0.4, -0.2) is 8.42 Å². The quantitative estimate of drug-likeness (QED) is 0.470. The molecule has 104 valence electrons. The Morgan fingerprint density at radius 2 is 1.24 bits per heavy atom. The highest BCUT2D eigenvalue weighted by Gasteiger charge is 2.18. The summed E-state index contributed by atoms with van der Waals surface area (Å²) in [6.45, 7) is 0. The van der Waals surface area contributed by atoms with Gasteiger partial charge in [0.2, 0.25) is 9.84 Å². The van der Waals surface area contributed by atoms with E-state index in [1.54, 1.807) is 0 Å². The van der Waals surface area contributed by atoms with E-state index in [-0.39, 0.29) is 21.2 Å². The van der Waals surface area contributed by atoms with Gasteiger partial charge in [-0.25, -0.2) is 8.42 Å². The average Bonchev–Trinajstić information content (AvgIpc) is 2.48. The molecule has 0 saturated carbocycles. The lowest BCUT2D eigenvalue weighted by atomic mass is 10.3. The number of sulfone groups is 1. The Balaban J connectivity index is 2.56. The second-order valence-electron chi connectivity index (χ2n) is 3.88. The first-order valence-electron chi connectivity index (χ1n) is 5.63. The third-order valence-electron chi connectivity index (χ3n) is 2.58. The van der Waals surface area contributed by atoms with Crippen LogP contribution >= 0.6 is 0 Å². The van der Waals surface area contributed by atoms with Crippen LogP contribution in [-0.2, 0) is 9.84 Å². The average molecular weight is 300 g/mol. The van der Waals surface area contributed by atoms with Crippen molar-refractivity contribution in [2.75, 3.05) is 0 Å². The molecule has 0 aliphatic rings. The Morgan fingerprint density at radius 1 is 0.810 bits per heavy atom. The molecule has 0 bridgehead atoms. The Hall–Kier alpha value is -2.99. The van der Waals surface area contributed by atoms with Gasteiger partial charge in [0.15, 0.2) is 0 Å². The van der Waals surface area contributed by atoms with Crippen molar-refractivity contribution in [2.24, 2.45) is 10.2 Å². The van der Waals surface area contributed by atoms with E-state index in [4.69, 9.17) is 11.1 Å². The van der Waals surface area contributed by atoms with E-state index in [0.29, 0.717) is 0 Å². The highest BCUT2D eigenvalue weighted by atomic mass is 32.2. The number of rotatable bonds is 4. The molecular formula is C12H8N6O2S. The largest absolute Gasteiger partial charge is 0.219 e. The van der Waals surface area contributed by atoms with Gasteiger partial charge in [0, 0.05) is 21.2 Å². The molecule has 0 spiro atoms. The predicted octanol–water partition coefficient (Wildman–Crippen LogP) is 4.40. The summed E-state index contributed by atoms with van der Waals surface area (Å²) in [5, 5.41) is 6.74. The molecule has 2 rings (SSSR count). The van der Waals surface area contributed by atoms with Gasteiger partial charge in [-0.1, -0.05) is 34.5 Å². The van der Waals surface area contributed by atoms with Crippen LogP contribution in [0.15, 0.2) is 68.6 Å². The first-order chi connectivity index (χ1) is 10.1. The van der Waals surface area contributed by atoms with Crippen LogP contribution in [0.3, 0.4) is 0 Å². The van der Waals surface area contributed by atoms with Crippen LogP contribution in [0, 0.1) is 0 Å². The van der Waals surface area contributed by atoms with Gasteiger partial charge in [0.05, 0.1) is 9.79 Å². The summed E-state index contributed by atoms with van der Waals surface area (Å²) in [5.41, 5.74) is 17.2. The maximum absolute atomic E-state index is 12.5. The molecule has 0 saturated heterocycles. The molecule has 0 aromatic heterocycles. The van der Waals surface area contributed by atoms with E-state index in [0.717, 1.165) is 0 Å². The third kappa shape index (κ3) is 3.13. The molecule has 0 aliphatic carbocycles. The number of hydrogen-bond donors (Lipinski definition) is 0. The van der Waals surface area contributed by atoms with E-state index >= 15 is 0 Å². The van der Waals surface area contributed by atoms with Crippen LogP contribution < -0.4 is 0 Å². The van der Waals surface area contributed by atoms with Gasteiger partial charge in [-0.05, 0) is 35.3 Å². The zero-order valence-electron chi connectivity index (χ0n) is 10.5. The maximum Gasteiger partial charge on any atom is 0.206 e. The normalized spacial score (nSPS) is 10.3. The summed E-state index contributed by atoms with van der Waals surface area (Å²) >= 11 is 0. The van der Waals surface area contributed by atoms with Crippen molar-refractivity contribution >= 4 is 21.2 Å². The van der Waals surface area contributed by atoms with Crippen LogP contribution in [0.2, 0.25) is 0 Å². The summed E-state index contributed by atoms with van der Waals surface area (Å²) in [5.74, 6) is 0. The minimum atomic E-state index is -3.79. The molecule has 0 N–H and O–H groups in total. The zero-order valence-corrected chi connectivity index (χ0v) is 11.3. The van der Waals surface area contributed by atoms with Crippen LogP contribution in [0.5, 0.6) is 0 Å². The molecule has 0 fully saturated rings. The smallest absolute Gasteiger partial charge is 0.206 e. The second-order valence-corrected chi connectivity index (χ2v) is 5.83. The standard InChI is InChI=1S/C12H8N6O2S/c13-17-15-9-3-1-5-11(7-9)21(19,20)12-6-2-4-10(8-12)16-18-14/h1-8H. The monoisotopic (exact) mass is 300 g/mol. The third-order valence-corrected chi connectivity index (χ3v) is 4.33. The second kappa shape index (κ2) is 5.98. The number of benzene rings is 2. The van der Waals surface area contributed by atoms with E-state index in [9.17, 15) is 8.42 Å². The highest BCUT2D eigenvalue weighted by Crippen LogP contribution is 2.27. The molecule has 0 amide bonds. The number of hydrogen-bond acceptors (Lipinski definition) is 4. The van der Waals surface area contributed by atoms with E-state index in [2.05, 4.69) is 20.1 Å². The van der Waals surface area contributed by atoms with Crippen molar-refractivity contribution in [1.29, 1.82) is 0 Å². The Labute approximate surface area is 119 Å². The van der Waals surface area contributed by atoms with Gasteiger partial charge in [0.25, 0.3) is 0 Å². The Morgan fingerprint density at radius 3 is 1.62 bits per heavy atom. The van der Waals surface area contributed by atoms with Crippen molar-refractivity contribution in [3.63, 3.8) is 0 Å². The van der Waals surface area contributed by atoms with Crippen molar-refractivity contribution in [2.45, 2.75) is 9.79 Å². The van der Waals surface area contributed by atoms with Crippen LogP contribution in [0.25, 0.3) is 20.9 Å². The SMILES string of the molecule is [N-]=[N+]=Nc1cccc(S(=O)(=O)c2cccc(N=[N+]=[N-])c2)c1. The van der Waals surface area contributed by atoms with E-state index < -0.39 is 9.84 Å². The first kappa shape index (κ1) is 14.4. The topological polar surface area (TPSA) is 132 Å². The van der Waals surface area contributed by atoms with Crippen LogP contribution in [0.4, 0.5) is 11.4 Å². The number of nitrogens with zero attached hydrogens (tertiary/aromatic N) is 6. The summed E-state index contributed by atoms with van der Waals surface area (Å²) in [6.07, 6.45) is 0. The Bertz CT molecular complexity index is 813. The summed E-state index contributed by atoms with van der Waals surface area (Å²) in [6, 6.07) is 11.3. The summed E-state index contributed by atoms with van der Waals surface area (Å²) in [4.78, 5) is 5.21. The molecule has 21 heavy (non-hydrogen) atoms. The minimum Gasteiger partial charge on any atom is -0.219 e. The molecule has 0 atom stereocenters. The fourth-order valence-electron chi connectivity index (χ4n) is 1.67. The fourth-order valence-corrected chi connectivity index (χ4v) is 3.00. The molecular weight excluding hydrogens is 292 g/mol. The van der Waals surface area contributed by atoms with Crippen molar-refractivity contribution in [3.05, 3.63) is 69.4 Å².